The molecule has 0 aliphatic carbocycles. The average molecular weight is 259 g/mol. The van der Waals surface area contributed by atoms with Crippen LogP contribution in [-0.2, 0) is 19.6 Å². The van der Waals surface area contributed by atoms with Gasteiger partial charge in [-0.2, -0.15) is 0 Å². The zero-order valence-corrected chi connectivity index (χ0v) is 10.3. The number of sulfonamides is 1. The summed E-state index contributed by atoms with van der Waals surface area (Å²) in [7, 11) is -2.54. The molecular formula is C10H13NO5S. The van der Waals surface area contributed by atoms with E-state index >= 15 is 0 Å². The normalized spacial score (nSPS) is 11.2. The second-order valence-corrected chi connectivity index (χ2v) is 4.68. The Morgan fingerprint density at radius 1 is 1.41 bits per heavy atom. The van der Waals surface area contributed by atoms with Crippen LogP contribution < -0.4 is 4.89 Å². The molecule has 0 saturated carbocycles. The summed E-state index contributed by atoms with van der Waals surface area (Å²) in [6, 6.07) is 5.49. The van der Waals surface area contributed by atoms with E-state index in [1.807, 2.05) is 4.89 Å². The Bertz CT molecular complexity index is 497. The third-order valence-corrected chi connectivity index (χ3v) is 3.09. The van der Waals surface area contributed by atoms with Crippen LogP contribution in [0.4, 0.5) is 0 Å². The highest BCUT2D eigenvalue weighted by Crippen LogP contribution is 2.12. The summed E-state index contributed by atoms with van der Waals surface area (Å²) in [4.78, 5) is 17.7. The number of hydrogen-bond acceptors (Lipinski definition) is 5. The maximum absolute atomic E-state index is 11.7. The molecule has 1 rings (SSSR count). The summed E-state index contributed by atoms with van der Waals surface area (Å²) in [5, 5.41) is 0. The molecule has 6 nitrogen and oxygen atoms in total. The molecule has 0 aliphatic rings. The van der Waals surface area contributed by atoms with E-state index in [4.69, 9.17) is 0 Å². The van der Waals surface area contributed by atoms with Crippen LogP contribution in [-0.4, -0.2) is 28.1 Å². The van der Waals surface area contributed by atoms with Crippen molar-refractivity contribution >= 4 is 16.0 Å². The highest BCUT2D eigenvalue weighted by molar-refractivity contribution is 7.89. The molecule has 0 unspecified atom stereocenters. The number of ether oxygens (including phenoxy) is 1. The number of benzene rings is 1. The topological polar surface area (TPSA) is 81.7 Å². The van der Waals surface area contributed by atoms with Gasteiger partial charge in [-0.3, -0.25) is 4.84 Å². The molecule has 0 radical (unpaired) electrons. The second kappa shape index (κ2) is 5.76. The monoisotopic (exact) mass is 259 g/mol. The fourth-order valence-electron chi connectivity index (χ4n) is 1.09. The summed E-state index contributed by atoms with van der Waals surface area (Å²) < 4.78 is 27.8. The van der Waals surface area contributed by atoms with Crippen LogP contribution in [0.1, 0.15) is 17.3 Å². The van der Waals surface area contributed by atoms with E-state index in [0.29, 0.717) is 0 Å². The number of nitrogens with one attached hydrogen (secondary N) is 1. The first-order valence-electron chi connectivity index (χ1n) is 4.83. The minimum Gasteiger partial charge on any atom is -0.465 e. The van der Waals surface area contributed by atoms with E-state index in [-0.39, 0.29) is 17.1 Å². The van der Waals surface area contributed by atoms with Gasteiger partial charge in [-0.25, -0.2) is 13.2 Å². The number of carbonyl (C=O) groups excluding carboxylic acids is 1. The minimum absolute atomic E-state index is 0.0612. The fourth-order valence-corrected chi connectivity index (χ4v) is 2.00. The number of rotatable bonds is 5. The molecule has 1 aromatic rings. The van der Waals surface area contributed by atoms with Gasteiger partial charge in [-0.05, 0) is 25.1 Å². The lowest BCUT2D eigenvalue weighted by molar-refractivity contribution is 0.0600. The summed E-state index contributed by atoms with van der Waals surface area (Å²) in [5.74, 6) is -0.599. The summed E-state index contributed by atoms with van der Waals surface area (Å²) >= 11 is 0. The van der Waals surface area contributed by atoms with Gasteiger partial charge in [0.15, 0.2) is 0 Å². The second-order valence-electron chi connectivity index (χ2n) is 3.04. The van der Waals surface area contributed by atoms with Gasteiger partial charge in [-0.1, -0.05) is 11.0 Å². The predicted octanol–water partition coefficient (Wildman–Crippen LogP) is 0.703. The van der Waals surface area contributed by atoms with Crippen molar-refractivity contribution < 1.29 is 22.8 Å². The molecule has 17 heavy (non-hydrogen) atoms. The van der Waals surface area contributed by atoms with Crippen LogP contribution in [0.15, 0.2) is 29.2 Å². The third kappa shape index (κ3) is 3.52. The SMILES string of the molecule is CCONS(=O)(=O)c1cccc(C(=O)OC)c1. The number of carbonyl (C=O) groups is 1. The smallest absolute Gasteiger partial charge is 0.337 e. The van der Waals surface area contributed by atoms with E-state index in [2.05, 4.69) is 9.57 Å². The molecule has 0 spiro atoms. The van der Waals surface area contributed by atoms with Crippen LogP contribution in [0.5, 0.6) is 0 Å². The summed E-state index contributed by atoms with van der Waals surface area (Å²) in [5.41, 5.74) is 0.159. The van der Waals surface area contributed by atoms with Crippen molar-refractivity contribution in [2.45, 2.75) is 11.8 Å². The molecule has 0 fully saturated rings. The zero-order chi connectivity index (χ0) is 12.9. The first kappa shape index (κ1) is 13.6. The Kier molecular flexibility index (Phi) is 4.62. The predicted molar refractivity (Wildman–Crippen MR) is 59.7 cm³/mol. The van der Waals surface area contributed by atoms with Crippen LogP contribution in [0, 0.1) is 0 Å². The first-order chi connectivity index (χ1) is 8.01. The maximum Gasteiger partial charge on any atom is 0.337 e. The molecular weight excluding hydrogens is 246 g/mol. The lowest BCUT2D eigenvalue weighted by Crippen LogP contribution is -2.24. The van der Waals surface area contributed by atoms with Gasteiger partial charge in [0.05, 0.1) is 24.2 Å². The van der Waals surface area contributed by atoms with E-state index < -0.39 is 16.0 Å². The van der Waals surface area contributed by atoms with Gasteiger partial charge in [0.1, 0.15) is 0 Å². The quantitative estimate of drug-likeness (QED) is 0.622. The van der Waals surface area contributed by atoms with Crippen molar-refractivity contribution in [1.82, 2.24) is 4.89 Å². The van der Waals surface area contributed by atoms with Gasteiger partial charge in [0.2, 0.25) is 0 Å². The Morgan fingerprint density at radius 3 is 2.71 bits per heavy atom. The van der Waals surface area contributed by atoms with Crippen molar-refractivity contribution in [2.24, 2.45) is 0 Å². The average Bonchev–Trinajstić information content (AvgIpc) is 2.35. The maximum atomic E-state index is 11.7. The van der Waals surface area contributed by atoms with Gasteiger partial charge in [-0.15, -0.1) is 0 Å². The molecule has 0 aliphatic heterocycles. The van der Waals surface area contributed by atoms with Crippen molar-refractivity contribution in [3.8, 4) is 0 Å². The molecule has 0 atom stereocenters. The Hall–Kier alpha value is -1.44. The van der Waals surface area contributed by atoms with Gasteiger partial charge in [0.25, 0.3) is 10.0 Å². The standard InChI is InChI=1S/C10H13NO5S/c1-3-16-11-17(13,14)9-6-4-5-8(7-9)10(12)15-2/h4-7,11H,3H2,1-2H3. The molecule has 0 aromatic heterocycles. The highest BCUT2D eigenvalue weighted by atomic mass is 32.2. The lowest BCUT2D eigenvalue weighted by Gasteiger charge is -2.06. The minimum atomic E-state index is -3.77. The highest BCUT2D eigenvalue weighted by Gasteiger charge is 2.16. The van der Waals surface area contributed by atoms with Crippen molar-refractivity contribution in [3.63, 3.8) is 0 Å². The number of methoxy groups -OCH3 is 1. The van der Waals surface area contributed by atoms with E-state index in [1.165, 1.54) is 31.4 Å². The molecule has 94 valence electrons. The first-order valence-corrected chi connectivity index (χ1v) is 6.31. The molecule has 1 N–H and O–H groups in total. The van der Waals surface area contributed by atoms with Crippen LogP contribution in [0.3, 0.4) is 0 Å². The molecule has 0 bridgehead atoms. The lowest BCUT2D eigenvalue weighted by atomic mass is 10.2. The fraction of sp³-hybridized carbons (Fsp3) is 0.300. The summed E-state index contributed by atoms with van der Waals surface area (Å²) in [6.07, 6.45) is 0. The molecule has 7 heteroatoms. The van der Waals surface area contributed by atoms with Crippen LogP contribution >= 0.6 is 0 Å². The number of hydrogen-bond donors (Lipinski definition) is 1. The number of esters is 1. The van der Waals surface area contributed by atoms with Crippen LogP contribution in [0.25, 0.3) is 0 Å². The molecule has 1 aromatic carbocycles. The Morgan fingerprint density at radius 2 is 2.12 bits per heavy atom. The molecule has 0 heterocycles. The largest absolute Gasteiger partial charge is 0.465 e. The molecule has 0 saturated heterocycles. The molecule has 0 amide bonds. The van der Waals surface area contributed by atoms with Gasteiger partial charge >= 0.3 is 5.97 Å². The van der Waals surface area contributed by atoms with Crippen molar-refractivity contribution in [2.75, 3.05) is 13.7 Å². The Balaban J connectivity index is 3.03. The van der Waals surface area contributed by atoms with Gasteiger partial charge in [0, 0.05) is 0 Å². The van der Waals surface area contributed by atoms with E-state index in [9.17, 15) is 13.2 Å². The van der Waals surface area contributed by atoms with Crippen molar-refractivity contribution in [3.05, 3.63) is 29.8 Å². The summed E-state index contributed by atoms with van der Waals surface area (Å²) in [6.45, 7) is 1.85. The van der Waals surface area contributed by atoms with Crippen molar-refractivity contribution in [1.29, 1.82) is 0 Å². The zero-order valence-electron chi connectivity index (χ0n) is 9.47. The van der Waals surface area contributed by atoms with E-state index in [0.717, 1.165) is 0 Å². The van der Waals surface area contributed by atoms with Gasteiger partial charge < -0.3 is 4.74 Å². The Labute approximate surface area is 99.5 Å². The van der Waals surface area contributed by atoms with E-state index in [1.54, 1.807) is 6.92 Å². The van der Waals surface area contributed by atoms with Crippen LogP contribution in [0.2, 0.25) is 0 Å². The third-order valence-electron chi connectivity index (χ3n) is 1.88.